The lowest BCUT2D eigenvalue weighted by Crippen LogP contribution is -2.38. The number of allylic oxidation sites excluding steroid dienone is 2. The second-order valence-electron chi connectivity index (χ2n) is 7.43. The third kappa shape index (κ3) is 2.73. The molecule has 2 bridgehead atoms. The van der Waals surface area contributed by atoms with Gasteiger partial charge in [0.2, 0.25) is 17.7 Å². The zero-order valence-electron chi connectivity index (χ0n) is 14.6. The molecule has 3 aliphatic carbocycles. The van der Waals surface area contributed by atoms with Crippen LogP contribution in [0.1, 0.15) is 24.8 Å². The average molecular weight is 356 g/mol. The summed E-state index contributed by atoms with van der Waals surface area (Å²) in [5, 5.41) is 2.62. The van der Waals surface area contributed by atoms with Crippen LogP contribution in [-0.4, -0.2) is 29.2 Å². The summed E-state index contributed by atoms with van der Waals surface area (Å²) in [5.74, 6) is -1.22. The second-order valence-corrected chi connectivity index (χ2v) is 7.43. The number of anilines is 1. The summed E-state index contributed by atoms with van der Waals surface area (Å²) in [7, 11) is 0. The number of imide groups is 1. The molecule has 1 aromatic carbocycles. The van der Waals surface area contributed by atoms with E-state index in [9.17, 15) is 18.8 Å². The number of hydrogen-bond acceptors (Lipinski definition) is 3. The highest BCUT2D eigenvalue weighted by molar-refractivity contribution is 6.06. The fraction of sp³-hybridized carbons (Fsp3) is 0.450. The molecule has 1 saturated heterocycles. The molecular formula is C20H21FN2O3. The molecule has 4 aliphatic rings. The van der Waals surface area contributed by atoms with Crippen LogP contribution in [0, 0.1) is 36.4 Å². The molecule has 26 heavy (non-hydrogen) atoms. The highest BCUT2D eigenvalue weighted by Gasteiger charge is 2.56. The summed E-state index contributed by atoms with van der Waals surface area (Å²) in [5.41, 5.74) is 0.871. The van der Waals surface area contributed by atoms with Gasteiger partial charge in [-0.25, -0.2) is 4.39 Å². The molecule has 3 amide bonds. The van der Waals surface area contributed by atoms with E-state index >= 15 is 0 Å². The Kier molecular flexibility index (Phi) is 4.13. The predicted molar refractivity (Wildman–Crippen MR) is 93.4 cm³/mol. The predicted octanol–water partition coefficient (Wildman–Crippen LogP) is 2.66. The van der Waals surface area contributed by atoms with Gasteiger partial charge < -0.3 is 5.32 Å². The van der Waals surface area contributed by atoms with Crippen LogP contribution >= 0.6 is 0 Å². The van der Waals surface area contributed by atoms with Gasteiger partial charge in [0.1, 0.15) is 5.82 Å². The fourth-order valence-electron chi connectivity index (χ4n) is 4.46. The van der Waals surface area contributed by atoms with Crippen molar-refractivity contribution in [1.82, 2.24) is 4.90 Å². The van der Waals surface area contributed by atoms with Gasteiger partial charge in [-0.05, 0) is 49.3 Å². The summed E-state index contributed by atoms with van der Waals surface area (Å²) < 4.78 is 13.6. The van der Waals surface area contributed by atoms with Crippen LogP contribution in [0.15, 0.2) is 30.4 Å². The van der Waals surface area contributed by atoms with E-state index in [0.29, 0.717) is 11.3 Å². The van der Waals surface area contributed by atoms with E-state index in [1.807, 2.05) is 0 Å². The molecule has 1 aromatic rings. The second kappa shape index (κ2) is 6.34. The van der Waals surface area contributed by atoms with Gasteiger partial charge in [-0.1, -0.05) is 18.2 Å². The number of fused-ring (bicyclic) bond motifs is 1. The summed E-state index contributed by atoms with van der Waals surface area (Å²) in [6, 6.07) is 4.48. The first-order valence-electron chi connectivity index (χ1n) is 9.05. The Balaban J connectivity index is 1.39. The van der Waals surface area contributed by atoms with Gasteiger partial charge in [0.25, 0.3) is 0 Å². The molecule has 0 aromatic heterocycles. The third-order valence-electron chi connectivity index (χ3n) is 5.87. The fourth-order valence-corrected chi connectivity index (χ4v) is 4.46. The highest BCUT2D eigenvalue weighted by atomic mass is 19.1. The Bertz CT molecular complexity index is 787. The number of rotatable bonds is 4. The molecule has 0 unspecified atom stereocenters. The molecule has 0 radical (unpaired) electrons. The molecule has 1 N–H and O–H groups in total. The van der Waals surface area contributed by atoms with E-state index < -0.39 is 0 Å². The normalized spacial score (nSPS) is 29.2. The molecule has 4 atom stereocenters. The molecule has 2 fully saturated rings. The van der Waals surface area contributed by atoms with Crippen LogP contribution in [-0.2, 0) is 14.4 Å². The standard InChI is InChI=1S/C20H21FN2O3/c1-11-2-7-14(10-15(11)21)22-16(24)8-9-23-19(25)17-12-3-4-13(6-5-12)18(17)20(23)26/h2-4,7,10,12-13,17-18H,5-6,8-9H2,1H3,(H,22,24)/t12-,13-,17+,18+/m0/s1. The van der Waals surface area contributed by atoms with Crippen LogP contribution in [0.2, 0.25) is 0 Å². The lowest BCUT2D eigenvalue weighted by molar-refractivity contribution is -0.140. The van der Waals surface area contributed by atoms with Gasteiger partial charge in [0.15, 0.2) is 0 Å². The van der Waals surface area contributed by atoms with Crippen LogP contribution in [0.25, 0.3) is 0 Å². The summed E-state index contributed by atoms with van der Waals surface area (Å²) in [6.07, 6.45) is 6.06. The van der Waals surface area contributed by atoms with E-state index in [2.05, 4.69) is 17.5 Å². The third-order valence-corrected chi connectivity index (χ3v) is 5.87. The van der Waals surface area contributed by atoms with Crippen LogP contribution in [0.4, 0.5) is 10.1 Å². The van der Waals surface area contributed by atoms with E-state index in [1.165, 1.54) is 11.0 Å². The Morgan fingerprint density at radius 2 is 1.77 bits per heavy atom. The Morgan fingerprint density at radius 1 is 1.15 bits per heavy atom. The molecule has 5 nitrogen and oxygen atoms in total. The molecule has 0 spiro atoms. The number of halogens is 1. The zero-order chi connectivity index (χ0) is 18.4. The Morgan fingerprint density at radius 3 is 2.31 bits per heavy atom. The zero-order valence-corrected chi connectivity index (χ0v) is 14.6. The van der Waals surface area contributed by atoms with E-state index in [1.54, 1.807) is 19.1 Å². The minimum Gasteiger partial charge on any atom is -0.326 e. The van der Waals surface area contributed by atoms with Crippen LogP contribution in [0.5, 0.6) is 0 Å². The number of aryl methyl sites for hydroxylation is 1. The average Bonchev–Trinajstić information content (AvgIpc) is 2.90. The maximum Gasteiger partial charge on any atom is 0.233 e. The van der Waals surface area contributed by atoms with Crippen molar-refractivity contribution in [3.05, 3.63) is 41.7 Å². The number of hydrogen-bond donors (Lipinski definition) is 1. The van der Waals surface area contributed by atoms with Gasteiger partial charge in [0, 0.05) is 18.7 Å². The lowest BCUT2D eigenvalue weighted by Gasteiger charge is -2.38. The molecule has 1 heterocycles. The van der Waals surface area contributed by atoms with Gasteiger partial charge in [0.05, 0.1) is 11.8 Å². The number of likely N-dealkylation sites (tertiary alicyclic amines) is 1. The van der Waals surface area contributed by atoms with Crippen LogP contribution in [0.3, 0.4) is 0 Å². The van der Waals surface area contributed by atoms with Gasteiger partial charge >= 0.3 is 0 Å². The van der Waals surface area contributed by atoms with Crippen LogP contribution < -0.4 is 5.32 Å². The van der Waals surface area contributed by atoms with E-state index in [0.717, 1.165) is 12.8 Å². The Labute approximate surface area is 151 Å². The van der Waals surface area contributed by atoms with Crippen molar-refractivity contribution in [1.29, 1.82) is 0 Å². The van der Waals surface area contributed by atoms with E-state index in [-0.39, 0.29) is 60.2 Å². The SMILES string of the molecule is Cc1ccc(NC(=O)CCN2C(=O)[C@H]3[C@H](C2=O)[C@H]2C=C[C@H]3CC2)cc1F. The number of carbonyl (C=O) groups excluding carboxylic acids is 3. The van der Waals surface area contributed by atoms with Crippen molar-refractivity contribution >= 4 is 23.4 Å². The number of nitrogens with one attached hydrogen (secondary N) is 1. The number of carbonyl (C=O) groups is 3. The number of amides is 3. The number of benzene rings is 1. The summed E-state index contributed by atoms with van der Waals surface area (Å²) in [6.45, 7) is 1.72. The monoisotopic (exact) mass is 356 g/mol. The molecule has 136 valence electrons. The van der Waals surface area contributed by atoms with Crippen molar-refractivity contribution in [2.45, 2.75) is 26.2 Å². The smallest absolute Gasteiger partial charge is 0.233 e. The summed E-state index contributed by atoms with van der Waals surface area (Å²) >= 11 is 0. The van der Waals surface area contributed by atoms with Crippen molar-refractivity contribution in [3.63, 3.8) is 0 Å². The highest BCUT2D eigenvalue weighted by Crippen LogP contribution is 2.49. The molecule has 6 heteroatoms. The van der Waals surface area contributed by atoms with Gasteiger partial charge in [-0.2, -0.15) is 0 Å². The van der Waals surface area contributed by atoms with Crippen molar-refractivity contribution in [2.75, 3.05) is 11.9 Å². The molecule has 1 aliphatic heterocycles. The minimum absolute atomic E-state index is 0.00910. The maximum atomic E-state index is 13.6. The van der Waals surface area contributed by atoms with Crippen molar-refractivity contribution in [2.24, 2.45) is 23.7 Å². The first-order valence-corrected chi connectivity index (χ1v) is 9.05. The largest absolute Gasteiger partial charge is 0.326 e. The summed E-state index contributed by atoms with van der Waals surface area (Å²) in [4.78, 5) is 38.8. The molecule has 1 saturated carbocycles. The first-order chi connectivity index (χ1) is 12.5. The lowest BCUT2D eigenvalue weighted by atomic mass is 9.63. The Hall–Kier alpha value is -2.50. The van der Waals surface area contributed by atoms with Crippen molar-refractivity contribution < 1.29 is 18.8 Å². The minimum atomic E-state index is -0.389. The van der Waals surface area contributed by atoms with Gasteiger partial charge in [-0.15, -0.1) is 0 Å². The maximum absolute atomic E-state index is 13.6. The number of nitrogens with zero attached hydrogens (tertiary/aromatic N) is 1. The quantitative estimate of drug-likeness (QED) is 0.666. The van der Waals surface area contributed by atoms with Gasteiger partial charge in [-0.3, -0.25) is 19.3 Å². The van der Waals surface area contributed by atoms with E-state index in [4.69, 9.17) is 0 Å². The topological polar surface area (TPSA) is 66.5 Å². The van der Waals surface area contributed by atoms with Crippen molar-refractivity contribution in [3.8, 4) is 0 Å². The molecule has 5 rings (SSSR count). The first kappa shape index (κ1) is 16.9. The molecular weight excluding hydrogens is 335 g/mol.